The standard InChI is InChI=1S/C29H28/c1-28(2,3)23-19-21-27(22-20-23)29(24-13-7-4-8-14-24,25-15-9-5-10-16-25)26-17-11-6-12-18-26/h4-22H,1-3H3. The Morgan fingerprint density at radius 1 is 0.345 bits per heavy atom. The fraction of sp³-hybridized carbons (Fsp3) is 0.172. The first kappa shape index (κ1) is 19.2. The van der Waals surface area contributed by atoms with Crippen molar-refractivity contribution < 1.29 is 0 Å². The molecular weight excluding hydrogens is 348 g/mol. The number of hydrogen-bond donors (Lipinski definition) is 0. The van der Waals surface area contributed by atoms with Gasteiger partial charge in [0.2, 0.25) is 0 Å². The van der Waals surface area contributed by atoms with E-state index in [2.05, 4.69) is 136 Å². The SMILES string of the molecule is CC(C)(C)c1ccc(C(c2ccccc2)(c2ccccc2)c2ccccc2)cc1. The lowest BCUT2D eigenvalue weighted by Crippen LogP contribution is -2.31. The molecule has 0 radical (unpaired) electrons. The van der Waals surface area contributed by atoms with E-state index in [0.29, 0.717) is 0 Å². The van der Waals surface area contributed by atoms with Gasteiger partial charge < -0.3 is 0 Å². The minimum Gasteiger partial charge on any atom is -0.0622 e. The molecule has 0 amide bonds. The number of hydrogen-bond acceptors (Lipinski definition) is 0. The molecular formula is C29H28. The molecule has 0 saturated carbocycles. The first-order valence-corrected chi connectivity index (χ1v) is 10.3. The molecule has 0 aliphatic carbocycles. The molecule has 0 bridgehead atoms. The Morgan fingerprint density at radius 3 is 0.931 bits per heavy atom. The summed E-state index contributed by atoms with van der Waals surface area (Å²) in [4.78, 5) is 0. The minimum atomic E-state index is -0.361. The predicted molar refractivity (Wildman–Crippen MR) is 123 cm³/mol. The lowest BCUT2D eigenvalue weighted by Gasteiger charge is -2.37. The van der Waals surface area contributed by atoms with Gasteiger partial charge in [-0.05, 0) is 33.2 Å². The molecule has 0 saturated heterocycles. The van der Waals surface area contributed by atoms with E-state index in [1.807, 2.05) is 0 Å². The molecule has 0 spiro atoms. The van der Waals surface area contributed by atoms with Gasteiger partial charge in [0.05, 0.1) is 5.41 Å². The molecule has 29 heavy (non-hydrogen) atoms. The van der Waals surface area contributed by atoms with Crippen LogP contribution in [0.4, 0.5) is 0 Å². The molecule has 0 aliphatic rings. The average molecular weight is 377 g/mol. The van der Waals surface area contributed by atoms with Crippen LogP contribution in [0, 0.1) is 0 Å². The molecule has 0 fully saturated rings. The van der Waals surface area contributed by atoms with Gasteiger partial charge in [0, 0.05) is 0 Å². The highest BCUT2D eigenvalue weighted by atomic mass is 14.4. The highest BCUT2D eigenvalue weighted by molar-refractivity contribution is 5.59. The van der Waals surface area contributed by atoms with Gasteiger partial charge in [-0.15, -0.1) is 0 Å². The zero-order valence-corrected chi connectivity index (χ0v) is 17.5. The van der Waals surface area contributed by atoms with Crippen molar-refractivity contribution in [2.75, 3.05) is 0 Å². The quantitative estimate of drug-likeness (QED) is 0.326. The first-order chi connectivity index (χ1) is 14.0. The van der Waals surface area contributed by atoms with Crippen molar-refractivity contribution in [1.82, 2.24) is 0 Å². The third-order valence-corrected chi connectivity index (χ3v) is 5.80. The predicted octanol–water partition coefficient (Wildman–Crippen LogP) is 7.37. The van der Waals surface area contributed by atoms with Gasteiger partial charge in [-0.2, -0.15) is 0 Å². The van der Waals surface area contributed by atoms with Crippen molar-refractivity contribution >= 4 is 0 Å². The van der Waals surface area contributed by atoms with Crippen LogP contribution in [0.3, 0.4) is 0 Å². The van der Waals surface area contributed by atoms with Gasteiger partial charge in [0.25, 0.3) is 0 Å². The molecule has 0 aromatic heterocycles. The Balaban J connectivity index is 2.06. The van der Waals surface area contributed by atoms with Gasteiger partial charge in [0.1, 0.15) is 0 Å². The summed E-state index contributed by atoms with van der Waals surface area (Å²) in [6.45, 7) is 6.79. The summed E-state index contributed by atoms with van der Waals surface area (Å²) >= 11 is 0. The van der Waals surface area contributed by atoms with Crippen LogP contribution in [0.1, 0.15) is 48.6 Å². The van der Waals surface area contributed by atoms with Crippen LogP contribution in [0.2, 0.25) is 0 Å². The summed E-state index contributed by atoms with van der Waals surface area (Å²) in [7, 11) is 0. The molecule has 4 rings (SSSR count). The summed E-state index contributed by atoms with van der Waals surface area (Å²) < 4.78 is 0. The Labute approximate surface area is 174 Å². The summed E-state index contributed by atoms with van der Waals surface area (Å²) in [6.07, 6.45) is 0. The molecule has 0 aliphatic heterocycles. The fourth-order valence-corrected chi connectivity index (χ4v) is 4.28. The summed E-state index contributed by atoms with van der Waals surface area (Å²) in [5.41, 5.74) is 6.24. The van der Waals surface area contributed by atoms with Crippen LogP contribution >= 0.6 is 0 Å². The highest BCUT2D eigenvalue weighted by Gasteiger charge is 2.38. The van der Waals surface area contributed by atoms with Crippen LogP contribution in [-0.4, -0.2) is 0 Å². The van der Waals surface area contributed by atoms with Gasteiger partial charge in [-0.25, -0.2) is 0 Å². The summed E-state index contributed by atoms with van der Waals surface area (Å²) in [5, 5.41) is 0. The van der Waals surface area contributed by atoms with E-state index in [-0.39, 0.29) is 10.8 Å². The fourth-order valence-electron chi connectivity index (χ4n) is 4.28. The van der Waals surface area contributed by atoms with Crippen molar-refractivity contribution in [3.05, 3.63) is 143 Å². The highest BCUT2D eigenvalue weighted by Crippen LogP contribution is 2.45. The third-order valence-electron chi connectivity index (χ3n) is 5.80. The number of benzene rings is 4. The Kier molecular flexibility index (Phi) is 5.11. The van der Waals surface area contributed by atoms with Gasteiger partial charge in [-0.3, -0.25) is 0 Å². The molecule has 0 N–H and O–H groups in total. The van der Waals surface area contributed by atoms with Crippen molar-refractivity contribution in [2.45, 2.75) is 31.6 Å². The van der Waals surface area contributed by atoms with Gasteiger partial charge in [-0.1, -0.05) is 136 Å². The average Bonchev–Trinajstić information content (AvgIpc) is 2.76. The maximum Gasteiger partial charge on any atom is 0.0701 e. The maximum atomic E-state index is 2.31. The lowest BCUT2D eigenvalue weighted by atomic mass is 9.65. The Bertz CT molecular complexity index is 941. The van der Waals surface area contributed by atoms with E-state index in [4.69, 9.17) is 0 Å². The lowest BCUT2D eigenvalue weighted by molar-refractivity contribution is 0.589. The normalized spacial score (nSPS) is 12.0. The van der Waals surface area contributed by atoms with Gasteiger partial charge >= 0.3 is 0 Å². The van der Waals surface area contributed by atoms with Crippen LogP contribution < -0.4 is 0 Å². The number of rotatable bonds is 4. The van der Waals surface area contributed by atoms with E-state index in [0.717, 1.165) is 0 Å². The molecule has 0 heterocycles. The third kappa shape index (κ3) is 3.51. The van der Waals surface area contributed by atoms with Crippen LogP contribution in [0.25, 0.3) is 0 Å². The smallest absolute Gasteiger partial charge is 0.0622 e. The monoisotopic (exact) mass is 376 g/mol. The van der Waals surface area contributed by atoms with Crippen LogP contribution in [0.15, 0.2) is 115 Å². The molecule has 0 nitrogen and oxygen atoms in total. The zero-order valence-electron chi connectivity index (χ0n) is 17.5. The molecule has 0 atom stereocenters. The van der Waals surface area contributed by atoms with Crippen molar-refractivity contribution in [1.29, 1.82) is 0 Å². The van der Waals surface area contributed by atoms with Gasteiger partial charge in [0.15, 0.2) is 0 Å². The van der Waals surface area contributed by atoms with Crippen molar-refractivity contribution in [2.24, 2.45) is 0 Å². The Hall–Kier alpha value is -3.12. The topological polar surface area (TPSA) is 0 Å². The molecule has 144 valence electrons. The maximum absolute atomic E-state index is 2.31. The Morgan fingerprint density at radius 2 is 0.621 bits per heavy atom. The summed E-state index contributed by atoms with van der Waals surface area (Å²) in [5.74, 6) is 0. The molecule has 0 unspecified atom stereocenters. The first-order valence-electron chi connectivity index (χ1n) is 10.3. The largest absolute Gasteiger partial charge is 0.0701 e. The second kappa shape index (κ2) is 7.72. The zero-order chi connectivity index (χ0) is 20.3. The summed E-state index contributed by atoms with van der Waals surface area (Å²) in [6, 6.07) is 41.8. The van der Waals surface area contributed by atoms with E-state index >= 15 is 0 Å². The minimum absolute atomic E-state index is 0.132. The van der Waals surface area contributed by atoms with Crippen molar-refractivity contribution in [3.63, 3.8) is 0 Å². The second-order valence-corrected chi connectivity index (χ2v) is 8.68. The van der Waals surface area contributed by atoms with E-state index in [1.165, 1.54) is 27.8 Å². The molecule has 4 aromatic rings. The van der Waals surface area contributed by atoms with E-state index in [9.17, 15) is 0 Å². The van der Waals surface area contributed by atoms with E-state index in [1.54, 1.807) is 0 Å². The molecule has 4 aromatic carbocycles. The molecule has 0 heteroatoms. The van der Waals surface area contributed by atoms with Crippen molar-refractivity contribution in [3.8, 4) is 0 Å². The van der Waals surface area contributed by atoms with E-state index < -0.39 is 0 Å². The van der Waals surface area contributed by atoms with Crippen LogP contribution in [0.5, 0.6) is 0 Å². The second-order valence-electron chi connectivity index (χ2n) is 8.68. The van der Waals surface area contributed by atoms with Crippen LogP contribution in [-0.2, 0) is 10.8 Å².